The van der Waals surface area contributed by atoms with Gasteiger partial charge in [-0.1, -0.05) is 12.1 Å². The molecule has 1 heterocycles. The van der Waals surface area contributed by atoms with Crippen LogP contribution in [0, 0.1) is 0 Å². The van der Waals surface area contributed by atoms with Gasteiger partial charge in [0.05, 0.1) is 17.4 Å². The van der Waals surface area contributed by atoms with Crippen molar-refractivity contribution in [2.75, 3.05) is 0 Å². The van der Waals surface area contributed by atoms with Gasteiger partial charge >= 0.3 is 0 Å². The molecule has 1 aromatic heterocycles. The largest absolute Gasteiger partial charge is 0.392 e. The first-order chi connectivity index (χ1) is 7.30. The van der Waals surface area contributed by atoms with E-state index in [0.29, 0.717) is 17.5 Å². The fourth-order valence-electron chi connectivity index (χ4n) is 0.917. The topological polar surface area (TPSA) is 85.2 Å². The van der Waals surface area contributed by atoms with Crippen molar-refractivity contribution in [2.24, 2.45) is 5.73 Å². The number of nitrogens with two attached hydrogens (primary N) is 1. The van der Waals surface area contributed by atoms with Gasteiger partial charge < -0.3 is 15.4 Å². The Morgan fingerprint density at radius 3 is 2.56 bits per heavy atom. The molecule has 0 radical (unpaired) electrons. The first kappa shape index (κ1) is 13.5. The summed E-state index contributed by atoms with van der Waals surface area (Å²) in [7, 11) is 0. The highest BCUT2D eigenvalue weighted by Gasteiger charge is 2.21. The van der Waals surface area contributed by atoms with Crippen LogP contribution in [-0.2, 0) is 11.3 Å². The minimum absolute atomic E-state index is 0.140. The summed E-state index contributed by atoms with van der Waals surface area (Å²) in [4.78, 5) is 4.21. The van der Waals surface area contributed by atoms with Gasteiger partial charge in [-0.3, -0.25) is 0 Å². The lowest BCUT2D eigenvalue weighted by atomic mass is 10.1. The van der Waals surface area contributed by atoms with Crippen molar-refractivity contribution in [1.82, 2.24) is 10.1 Å². The second kappa shape index (κ2) is 5.16. The van der Waals surface area contributed by atoms with Crippen molar-refractivity contribution in [3.8, 4) is 0 Å². The Bertz CT molecular complexity index is 333. The van der Waals surface area contributed by atoms with Gasteiger partial charge in [-0.2, -0.15) is 4.98 Å². The summed E-state index contributed by atoms with van der Waals surface area (Å²) in [6.45, 7) is 7.37. The lowest BCUT2D eigenvalue weighted by molar-refractivity contribution is 0.196. The molecular formula is C10H19N3O2S. The zero-order valence-corrected chi connectivity index (χ0v) is 10.9. The Morgan fingerprint density at radius 1 is 1.50 bits per heavy atom. The molecule has 6 heteroatoms. The van der Waals surface area contributed by atoms with Crippen LogP contribution in [0.4, 0.5) is 0 Å². The number of aromatic nitrogens is 2. The second-order valence-corrected chi connectivity index (χ2v) is 5.86. The number of thioether (sulfide) groups is 1. The lowest BCUT2D eigenvalue weighted by Gasteiger charge is -2.12. The highest BCUT2D eigenvalue weighted by atomic mass is 32.2. The van der Waals surface area contributed by atoms with Crippen LogP contribution < -0.4 is 5.73 Å². The van der Waals surface area contributed by atoms with E-state index in [4.69, 9.17) is 10.3 Å². The van der Waals surface area contributed by atoms with Gasteiger partial charge in [-0.05, 0) is 20.8 Å². The molecule has 5 nitrogen and oxygen atoms in total. The third kappa shape index (κ3) is 3.77. The summed E-state index contributed by atoms with van der Waals surface area (Å²) in [5.74, 6) is 1.65. The van der Waals surface area contributed by atoms with Crippen LogP contribution >= 0.6 is 11.8 Å². The Balaban J connectivity index is 2.53. The molecule has 0 aliphatic heterocycles. The van der Waals surface area contributed by atoms with Gasteiger partial charge in [0.2, 0.25) is 5.89 Å². The Morgan fingerprint density at radius 2 is 2.12 bits per heavy atom. The summed E-state index contributed by atoms with van der Waals surface area (Å²) in [5, 5.41) is 13.3. The third-order valence-corrected chi connectivity index (χ3v) is 3.53. The molecule has 1 rings (SSSR count). The quantitative estimate of drug-likeness (QED) is 0.812. The van der Waals surface area contributed by atoms with E-state index in [2.05, 4.69) is 10.1 Å². The van der Waals surface area contributed by atoms with E-state index in [-0.39, 0.29) is 11.4 Å². The smallest absolute Gasteiger partial charge is 0.236 e. The van der Waals surface area contributed by atoms with Crippen LogP contribution in [0.2, 0.25) is 0 Å². The molecule has 0 fully saturated rings. The molecule has 92 valence electrons. The predicted octanol–water partition coefficient (Wildman–Crippen LogP) is 1.27. The molecular weight excluding hydrogens is 226 g/mol. The molecule has 3 N–H and O–H groups in total. The molecule has 2 atom stereocenters. The van der Waals surface area contributed by atoms with Gasteiger partial charge in [0.15, 0.2) is 5.82 Å². The standard InChI is InChI=1S/C10H19N3O2S/c1-6(14)7(2)16-5-8-12-9(13-15-8)10(3,4)11/h6-7,14H,5,11H2,1-4H3. The zero-order chi connectivity index (χ0) is 12.3. The highest BCUT2D eigenvalue weighted by Crippen LogP contribution is 2.20. The summed E-state index contributed by atoms with van der Waals surface area (Å²) < 4.78 is 5.08. The monoisotopic (exact) mass is 245 g/mol. The summed E-state index contributed by atoms with van der Waals surface area (Å²) in [6.07, 6.45) is -0.349. The molecule has 1 aromatic rings. The first-order valence-electron chi connectivity index (χ1n) is 5.22. The van der Waals surface area contributed by atoms with Crippen molar-refractivity contribution < 1.29 is 9.63 Å². The molecule has 0 aromatic carbocycles. The Labute approximate surface area is 99.8 Å². The molecule has 0 aliphatic rings. The van der Waals surface area contributed by atoms with E-state index in [0.717, 1.165) is 0 Å². The normalized spacial score (nSPS) is 16.1. The zero-order valence-electron chi connectivity index (χ0n) is 10.1. The minimum Gasteiger partial charge on any atom is -0.392 e. The van der Waals surface area contributed by atoms with E-state index >= 15 is 0 Å². The van der Waals surface area contributed by atoms with Crippen LogP contribution in [-0.4, -0.2) is 26.6 Å². The molecule has 0 aliphatic carbocycles. The number of aliphatic hydroxyl groups excluding tert-OH is 1. The fraction of sp³-hybridized carbons (Fsp3) is 0.800. The molecule has 0 amide bonds. The predicted molar refractivity (Wildman–Crippen MR) is 63.9 cm³/mol. The van der Waals surface area contributed by atoms with E-state index in [1.807, 2.05) is 20.8 Å². The molecule has 0 saturated heterocycles. The number of nitrogens with zero attached hydrogens (tertiary/aromatic N) is 2. The van der Waals surface area contributed by atoms with Crippen LogP contribution in [0.1, 0.15) is 39.4 Å². The molecule has 2 unspecified atom stereocenters. The van der Waals surface area contributed by atoms with E-state index in [1.54, 1.807) is 18.7 Å². The number of hydrogen-bond donors (Lipinski definition) is 2. The maximum atomic E-state index is 9.33. The number of rotatable bonds is 5. The van der Waals surface area contributed by atoms with Gasteiger partial charge in [0.25, 0.3) is 0 Å². The van der Waals surface area contributed by atoms with E-state index < -0.39 is 5.54 Å². The minimum atomic E-state index is -0.581. The number of hydrogen-bond acceptors (Lipinski definition) is 6. The Hall–Kier alpha value is -0.590. The summed E-state index contributed by atoms with van der Waals surface area (Å²) in [6, 6.07) is 0. The van der Waals surface area contributed by atoms with Crippen LogP contribution in [0.25, 0.3) is 0 Å². The fourth-order valence-corrected chi connectivity index (χ4v) is 1.72. The van der Waals surface area contributed by atoms with Crippen LogP contribution in [0.3, 0.4) is 0 Å². The van der Waals surface area contributed by atoms with Gasteiger partial charge in [-0.15, -0.1) is 11.8 Å². The molecule has 0 spiro atoms. The average Bonchev–Trinajstić information content (AvgIpc) is 2.61. The Kier molecular flexibility index (Phi) is 4.35. The molecule has 16 heavy (non-hydrogen) atoms. The third-order valence-electron chi connectivity index (χ3n) is 2.19. The number of aliphatic hydroxyl groups is 1. The van der Waals surface area contributed by atoms with E-state index in [1.165, 1.54) is 0 Å². The van der Waals surface area contributed by atoms with Gasteiger partial charge in [0, 0.05) is 5.25 Å². The second-order valence-electron chi connectivity index (χ2n) is 4.49. The van der Waals surface area contributed by atoms with E-state index in [9.17, 15) is 5.11 Å². The van der Waals surface area contributed by atoms with Crippen molar-refractivity contribution in [3.63, 3.8) is 0 Å². The van der Waals surface area contributed by atoms with Crippen molar-refractivity contribution in [1.29, 1.82) is 0 Å². The van der Waals surface area contributed by atoms with Crippen molar-refractivity contribution in [3.05, 3.63) is 11.7 Å². The van der Waals surface area contributed by atoms with Gasteiger partial charge in [-0.25, -0.2) is 0 Å². The van der Waals surface area contributed by atoms with Crippen LogP contribution in [0.5, 0.6) is 0 Å². The SMILES string of the molecule is CC(O)C(C)SCc1nc(C(C)(C)N)no1. The van der Waals surface area contributed by atoms with Crippen LogP contribution in [0.15, 0.2) is 4.52 Å². The maximum absolute atomic E-state index is 9.33. The van der Waals surface area contributed by atoms with Crippen molar-refractivity contribution in [2.45, 2.75) is 50.3 Å². The van der Waals surface area contributed by atoms with Crippen molar-refractivity contribution >= 4 is 11.8 Å². The lowest BCUT2D eigenvalue weighted by Crippen LogP contribution is -2.30. The maximum Gasteiger partial charge on any atom is 0.236 e. The average molecular weight is 245 g/mol. The first-order valence-corrected chi connectivity index (χ1v) is 6.27. The van der Waals surface area contributed by atoms with Gasteiger partial charge in [0.1, 0.15) is 0 Å². The highest BCUT2D eigenvalue weighted by molar-refractivity contribution is 7.99. The summed E-state index contributed by atoms with van der Waals surface area (Å²) >= 11 is 1.57. The molecule has 0 bridgehead atoms. The summed E-state index contributed by atoms with van der Waals surface area (Å²) in [5.41, 5.74) is 5.26. The molecule has 0 saturated carbocycles.